The van der Waals surface area contributed by atoms with Gasteiger partial charge in [0.25, 0.3) is 0 Å². The fraction of sp³-hybridized carbons (Fsp3) is 0.721. The molecule has 1 saturated heterocycles. The van der Waals surface area contributed by atoms with Gasteiger partial charge in [0.2, 0.25) is 5.78 Å². The summed E-state index contributed by atoms with van der Waals surface area (Å²) in [5.74, 6) is -2.80. The lowest BCUT2D eigenvalue weighted by Crippen LogP contribution is -2.66. The van der Waals surface area contributed by atoms with E-state index in [-0.39, 0.29) is 42.7 Å². The minimum absolute atomic E-state index is 0.0413. The average molecular weight is 725 g/mol. The Kier molecular flexibility index (Phi) is 13.5. The number of alkyl halides is 1. The third-order valence-electron chi connectivity index (χ3n) is 12.8. The summed E-state index contributed by atoms with van der Waals surface area (Å²) in [6.07, 6.45) is 26.9. The maximum Gasteiger partial charge on any atom is 0.306 e. The molecule has 8 atom stereocenters. The monoisotopic (exact) mass is 724 g/mol. The van der Waals surface area contributed by atoms with Crippen LogP contribution in [0, 0.1) is 23.2 Å². The molecule has 4 aliphatic carbocycles. The number of ketones is 2. The summed E-state index contributed by atoms with van der Waals surface area (Å²) >= 11 is 0. The van der Waals surface area contributed by atoms with E-state index in [1.165, 1.54) is 50.7 Å². The van der Waals surface area contributed by atoms with Gasteiger partial charge in [0, 0.05) is 17.8 Å². The van der Waals surface area contributed by atoms with Crippen LogP contribution in [0.4, 0.5) is 4.39 Å². The van der Waals surface area contributed by atoms with Gasteiger partial charge < -0.3 is 19.3 Å². The van der Waals surface area contributed by atoms with Crippen molar-refractivity contribution in [3.8, 4) is 0 Å². The molecule has 1 aliphatic heterocycles. The van der Waals surface area contributed by atoms with Crippen LogP contribution in [0.3, 0.4) is 0 Å². The Morgan fingerprint density at radius 2 is 1.60 bits per heavy atom. The predicted molar refractivity (Wildman–Crippen MR) is 197 cm³/mol. The number of aliphatic hydroxyl groups excluding tert-OH is 1. The molecule has 3 saturated carbocycles. The summed E-state index contributed by atoms with van der Waals surface area (Å²) in [6.45, 7) is 5.70. The van der Waals surface area contributed by atoms with E-state index in [0.29, 0.717) is 31.4 Å². The number of rotatable bonds is 21. The maximum absolute atomic E-state index is 17.3. The maximum atomic E-state index is 17.3. The van der Waals surface area contributed by atoms with Crippen LogP contribution in [0.1, 0.15) is 136 Å². The van der Waals surface area contributed by atoms with Crippen LogP contribution in [-0.2, 0) is 33.4 Å². The molecule has 4 fully saturated rings. The molecule has 5 rings (SSSR count). The molecular weight excluding hydrogens is 663 g/mol. The number of aliphatic hydroxyl groups is 1. The van der Waals surface area contributed by atoms with E-state index in [1.54, 1.807) is 13.0 Å². The second kappa shape index (κ2) is 17.5. The Bertz CT molecular complexity index is 1430. The molecule has 1 N–H and O–H groups in total. The third kappa shape index (κ3) is 7.96. The first kappa shape index (κ1) is 40.3. The first-order chi connectivity index (χ1) is 25.0. The fourth-order valence-electron chi connectivity index (χ4n) is 10.0. The highest BCUT2D eigenvalue weighted by molar-refractivity contribution is 6.01. The highest BCUT2D eigenvalue weighted by Gasteiger charge is 2.88. The Hall–Kier alpha value is -2.91. The van der Waals surface area contributed by atoms with Gasteiger partial charge in [0.1, 0.15) is 5.60 Å². The van der Waals surface area contributed by atoms with E-state index in [2.05, 4.69) is 31.2 Å². The van der Waals surface area contributed by atoms with Gasteiger partial charge in [-0.25, -0.2) is 4.39 Å². The minimum Gasteiger partial charge on any atom is -0.466 e. The first-order valence-corrected chi connectivity index (χ1v) is 20.1. The van der Waals surface area contributed by atoms with Crippen molar-refractivity contribution >= 4 is 23.5 Å². The van der Waals surface area contributed by atoms with E-state index >= 15 is 4.39 Å². The Morgan fingerprint density at radius 1 is 0.942 bits per heavy atom. The van der Waals surface area contributed by atoms with Crippen molar-refractivity contribution in [2.75, 3.05) is 13.2 Å². The van der Waals surface area contributed by atoms with E-state index in [0.717, 1.165) is 38.5 Å². The summed E-state index contributed by atoms with van der Waals surface area (Å²) < 4.78 is 34.2. The van der Waals surface area contributed by atoms with Crippen molar-refractivity contribution < 1.29 is 42.9 Å². The second-order valence-electron chi connectivity index (χ2n) is 16.1. The van der Waals surface area contributed by atoms with Gasteiger partial charge in [-0.15, -0.1) is 0 Å². The Balaban J connectivity index is 0.949. The Morgan fingerprint density at radius 3 is 2.31 bits per heavy atom. The molecule has 1 spiro atoms. The number of halogens is 1. The summed E-state index contributed by atoms with van der Waals surface area (Å²) in [5, 5.41) is 11.4. The molecule has 1 heterocycles. The third-order valence-corrected chi connectivity index (χ3v) is 12.8. The lowest BCUT2D eigenvalue weighted by atomic mass is 9.48. The number of allylic oxidation sites excluding steroid dienone is 8. The van der Waals surface area contributed by atoms with Gasteiger partial charge in [-0.2, -0.15) is 0 Å². The smallest absolute Gasteiger partial charge is 0.306 e. The molecular formula is C43H61FO8. The van der Waals surface area contributed by atoms with Crippen LogP contribution < -0.4 is 0 Å². The number of epoxide rings is 1. The van der Waals surface area contributed by atoms with E-state index in [4.69, 9.17) is 14.2 Å². The number of ether oxygens (including phenoxy) is 3. The van der Waals surface area contributed by atoms with E-state index in [1.807, 2.05) is 6.92 Å². The number of esters is 2. The molecule has 0 unspecified atom stereocenters. The highest BCUT2D eigenvalue weighted by Crippen LogP contribution is 2.76. The number of Topliss-reactive ketones (excluding diaryl/α,β-unsaturated/α-hetero) is 1. The average Bonchev–Trinajstić information content (AvgIpc) is 3.73. The Labute approximate surface area is 309 Å². The topological polar surface area (TPSA) is 120 Å². The quantitative estimate of drug-likeness (QED) is 0.0543. The van der Waals surface area contributed by atoms with Crippen LogP contribution in [-0.4, -0.2) is 64.8 Å². The first-order valence-electron chi connectivity index (χ1n) is 20.1. The molecule has 0 radical (unpaired) electrons. The standard InChI is InChI=1S/C43H61FO8/c1-4-5-6-7-8-9-10-11-12-13-14-15-16-17-18-19-26-50-38(48)22-23-39(49)51-30-37(47)43-31(2)27-35-34-21-20-32-28-33(45)24-25-40(32,3)42(34,44)36(46)29-41(35,43)52-43/h8-9,11-12,24-25,28,31,34-36,46H,4-7,10,13-23,26-27,29-30H2,1-3H3/b9-8-,12-11-/t31-,34+,35+,36+,40+,41-,42+,43+/m1/s1. The highest BCUT2D eigenvalue weighted by atomic mass is 19.1. The van der Waals surface area contributed by atoms with Gasteiger partial charge in [0.05, 0.1) is 25.6 Å². The summed E-state index contributed by atoms with van der Waals surface area (Å²) in [6, 6.07) is 0. The summed E-state index contributed by atoms with van der Waals surface area (Å²) in [4.78, 5) is 50.4. The van der Waals surface area contributed by atoms with Gasteiger partial charge in [-0.3, -0.25) is 19.2 Å². The van der Waals surface area contributed by atoms with Crippen LogP contribution >= 0.6 is 0 Å². The molecule has 0 aromatic carbocycles. The van der Waals surface area contributed by atoms with E-state index < -0.39 is 52.9 Å². The van der Waals surface area contributed by atoms with Crippen molar-refractivity contribution in [3.05, 3.63) is 48.1 Å². The molecule has 9 heteroatoms. The lowest BCUT2D eigenvalue weighted by Gasteiger charge is -2.59. The molecule has 0 bridgehead atoms. The zero-order chi connectivity index (χ0) is 37.4. The van der Waals surface area contributed by atoms with Crippen molar-refractivity contribution in [1.82, 2.24) is 0 Å². The van der Waals surface area contributed by atoms with Crippen LogP contribution in [0.25, 0.3) is 0 Å². The van der Waals surface area contributed by atoms with Gasteiger partial charge in [-0.1, -0.05) is 88.3 Å². The fourth-order valence-corrected chi connectivity index (χ4v) is 10.0. The van der Waals surface area contributed by atoms with Gasteiger partial charge >= 0.3 is 11.9 Å². The molecule has 8 nitrogen and oxygen atoms in total. The molecule has 5 aliphatic rings. The lowest BCUT2D eigenvalue weighted by molar-refractivity contribution is -0.179. The molecule has 0 aromatic rings. The number of carbonyl (C=O) groups excluding carboxylic acids is 4. The van der Waals surface area contributed by atoms with Crippen LogP contribution in [0.2, 0.25) is 0 Å². The number of hydrogen-bond donors (Lipinski definition) is 1. The van der Waals surface area contributed by atoms with Crippen molar-refractivity contribution in [3.63, 3.8) is 0 Å². The number of carbonyl (C=O) groups is 4. The minimum atomic E-state index is -2.00. The predicted octanol–water partition coefficient (Wildman–Crippen LogP) is 8.35. The molecule has 52 heavy (non-hydrogen) atoms. The number of unbranched alkanes of at least 4 members (excludes halogenated alkanes) is 9. The van der Waals surface area contributed by atoms with Crippen LogP contribution in [0.5, 0.6) is 0 Å². The van der Waals surface area contributed by atoms with Crippen molar-refractivity contribution in [2.24, 2.45) is 23.2 Å². The molecule has 0 amide bonds. The van der Waals surface area contributed by atoms with Gasteiger partial charge in [-0.05, 0) is 88.7 Å². The van der Waals surface area contributed by atoms with Gasteiger partial charge in [0.15, 0.2) is 23.7 Å². The second-order valence-corrected chi connectivity index (χ2v) is 16.1. The van der Waals surface area contributed by atoms with Crippen LogP contribution in [0.15, 0.2) is 48.1 Å². The van der Waals surface area contributed by atoms with Crippen molar-refractivity contribution in [1.29, 1.82) is 0 Å². The summed E-state index contributed by atoms with van der Waals surface area (Å²) in [7, 11) is 0. The molecule has 0 aromatic heterocycles. The number of fused-ring (bicyclic) bond motifs is 4. The molecule has 288 valence electrons. The van der Waals surface area contributed by atoms with Crippen molar-refractivity contribution in [2.45, 2.75) is 159 Å². The SMILES string of the molecule is CCCCC/C=C\C/C=C\CCCCCCCCOC(=O)CCC(=O)OCC(=O)[C@]12O[C@@]13C[C@H](O)[C@@]1(F)[C@@H](CCC4=CC(=O)C=C[C@@]41C)[C@@H]3C[C@H]2C. The normalized spacial score (nSPS) is 34.4. The number of hydrogen-bond acceptors (Lipinski definition) is 8. The van der Waals surface area contributed by atoms with E-state index in [9.17, 15) is 24.3 Å². The summed E-state index contributed by atoms with van der Waals surface area (Å²) in [5.41, 5.74) is -4.66. The zero-order valence-electron chi connectivity index (χ0n) is 31.7. The largest absolute Gasteiger partial charge is 0.466 e. The zero-order valence-corrected chi connectivity index (χ0v) is 31.7.